The molecule has 4 heteroatoms. The Kier molecular flexibility index (Phi) is 5.70. The molecule has 3 nitrogen and oxygen atoms in total. The van der Waals surface area contributed by atoms with Crippen LogP contribution in [0.4, 0.5) is 0 Å². The Morgan fingerprint density at radius 2 is 2.15 bits per heavy atom. The fourth-order valence-electron chi connectivity index (χ4n) is 2.51. The van der Waals surface area contributed by atoms with Gasteiger partial charge in [-0.25, -0.2) is 0 Å². The van der Waals surface area contributed by atoms with E-state index in [0.29, 0.717) is 17.7 Å². The van der Waals surface area contributed by atoms with Gasteiger partial charge in [-0.15, -0.1) is 0 Å². The van der Waals surface area contributed by atoms with Crippen molar-refractivity contribution < 1.29 is 9.47 Å². The van der Waals surface area contributed by atoms with Gasteiger partial charge < -0.3 is 14.8 Å². The van der Waals surface area contributed by atoms with Crippen LogP contribution in [0.2, 0.25) is 5.02 Å². The monoisotopic (exact) mass is 297 g/mol. The lowest BCUT2D eigenvalue weighted by Crippen LogP contribution is -2.61. The molecule has 1 N–H and O–H groups in total. The molecule has 2 rings (SSSR count). The van der Waals surface area contributed by atoms with Crippen molar-refractivity contribution in [2.75, 3.05) is 13.2 Å². The van der Waals surface area contributed by atoms with E-state index in [9.17, 15) is 0 Å². The molecule has 0 radical (unpaired) electrons. The third-order valence-corrected chi connectivity index (χ3v) is 3.94. The van der Waals surface area contributed by atoms with Crippen LogP contribution in [0, 0.1) is 6.92 Å². The molecule has 112 valence electrons. The molecule has 0 aliphatic heterocycles. The van der Waals surface area contributed by atoms with Crippen molar-refractivity contribution in [2.45, 2.75) is 51.9 Å². The predicted molar refractivity (Wildman–Crippen MR) is 82.7 cm³/mol. The van der Waals surface area contributed by atoms with Gasteiger partial charge in [0.25, 0.3) is 0 Å². The number of benzene rings is 1. The smallest absolute Gasteiger partial charge is 0.138 e. The van der Waals surface area contributed by atoms with Gasteiger partial charge in [-0.1, -0.05) is 24.6 Å². The Labute approximate surface area is 126 Å². The van der Waals surface area contributed by atoms with Gasteiger partial charge in [-0.3, -0.25) is 0 Å². The highest BCUT2D eigenvalue weighted by atomic mass is 35.5. The highest BCUT2D eigenvalue weighted by Gasteiger charge is 2.43. The zero-order chi connectivity index (χ0) is 14.5. The van der Waals surface area contributed by atoms with Crippen molar-refractivity contribution in [2.24, 2.45) is 0 Å². The molecule has 1 aromatic carbocycles. The van der Waals surface area contributed by atoms with E-state index in [0.717, 1.165) is 30.7 Å². The van der Waals surface area contributed by atoms with E-state index in [1.807, 2.05) is 32.0 Å². The van der Waals surface area contributed by atoms with Gasteiger partial charge in [0.05, 0.1) is 5.02 Å². The normalized spacial score (nSPS) is 25.3. The standard InChI is InChI=1S/C16H24ClNO2/c1-4-8-18-13-10-15(16(13)19-5-2)20-14-9-11(3)6-7-12(14)17/h6-7,9,13,15-16,18H,4-5,8,10H2,1-3H3. The summed E-state index contributed by atoms with van der Waals surface area (Å²) in [6.07, 6.45) is 2.30. The first-order valence-electron chi connectivity index (χ1n) is 7.43. The zero-order valence-electron chi connectivity index (χ0n) is 12.5. The van der Waals surface area contributed by atoms with Crippen molar-refractivity contribution in [3.8, 4) is 5.75 Å². The molecule has 1 fully saturated rings. The topological polar surface area (TPSA) is 30.5 Å². The number of rotatable bonds is 7. The van der Waals surface area contributed by atoms with Crippen molar-refractivity contribution in [3.05, 3.63) is 28.8 Å². The molecule has 0 heterocycles. The Hall–Kier alpha value is -0.770. The number of hydrogen-bond donors (Lipinski definition) is 1. The average Bonchev–Trinajstić information content (AvgIpc) is 2.43. The second-order valence-electron chi connectivity index (χ2n) is 5.31. The third kappa shape index (κ3) is 3.66. The number of nitrogens with one attached hydrogen (secondary N) is 1. The Balaban J connectivity index is 1.97. The van der Waals surface area contributed by atoms with E-state index in [2.05, 4.69) is 12.2 Å². The highest BCUT2D eigenvalue weighted by Crippen LogP contribution is 2.33. The van der Waals surface area contributed by atoms with Crippen LogP contribution in [0.1, 0.15) is 32.3 Å². The van der Waals surface area contributed by atoms with E-state index in [1.54, 1.807) is 0 Å². The lowest BCUT2D eigenvalue weighted by Gasteiger charge is -2.44. The molecule has 20 heavy (non-hydrogen) atoms. The SMILES string of the molecule is CCCNC1CC(Oc2cc(C)ccc2Cl)C1OCC. The van der Waals surface area contributed by atoms with Crippen LogP contribution >= 0.6 is 11.6 Å². The maximum Gasteiger partial charge on any atom is 0.138 e. The van der Waals surface area contributed by atoms with Gasteiger partial charge >= 0.3 is 0 Å². The van der Waals surface area contributed by atoms with E-state index in [1.165, 1.54) is 0 Å². The van der Waals surface area contributed by atoms with Crippen molar-refractivity contribution in [1.29, 1.82) is 0 Å². The van der Waals surface area contributed by atoms with Crippen molar-refractivity contribution in [1.82, 2.24) is 5.32 Å². The number of ether oxygens (including phenoxy) is 2. The summed E-state index contributed by atoms with van der Waals surface area (Å²) < 4.78 is 11.9. The Bertz CT molecular complexity index is 438. The lowest BCUT2D eigenvalue weighted by molar-refractivity contribution is -0.104. The van der Waals surface area contributed by atoms with E-state index in [-0.39, 0.29) is 12.2 Å². The van der Waals surface area contributed by atoms with Crippen molar-refractivity contribution in [3.63, 3.8) is 0 Å². The van der Waals surface area contributed by atoms with Gasteiger partial charge in [0.2, 0.25) is 0 Å². The van der Waals surface area contributed by atoms with Gasteiger partial charge in [0.1, 0.15) is 18.0 Å². The second-order valence-corrected chi connectivity index (χ2v) is 5.71. The maximum atomic E-state index is 6.18. The van der Waals surface area contributed by atoms with Crippen LogP contribution in [0.15, 0.2) is 18.2 Å². The molecular weight excluding hydrogens is 274 g/mol. The molecule has 1 saturated carbocycles. The molecular formula is C16H24ClNO2. The molecule has 1 aliphatic rings. The van der Waals surface area contributed by atoms with Crippen LogP contribution in [-0.4, -0.2) is 31.4 Å². The fraction of sp³-hybridized carbons (Fsp3) is 0.625. The Morgan fingerprint density at radius 3 is 2.85 bits per heavy atom. The molecule has 3 atom stereocenters. The first-order valence-corrected chi connectivity index (χ1v) is 7.81. The van der Waals surface area contributed by atoms with Crippen LogP contribution in [-0.2, 0) is 4.74 Å². The van der Waals surface area contributed by atoms with Gasteiger partial charge in [0, 0.05) is 19.1 Å². The van der Waals surface area contributed by atoms with Crippen LogP contribution in [0.5, 0.6) is 5.75 Å². The van der Waals surface area contributed by atoms with Gasteiger partial charge in [0.15, 0.2) is 0 Å². The van der Waals surface area contributed by atoms with Crippen LogP contribution < -0.4 is 10.1 Å². The summed E-state index contributed by atoms with van der Waals surface area (Å²) >= 11 is 6.18. The number of halogens is 1. The summed E-state index contributed by atoms with van der Waals surface area (Å²) in [6, 6.07) is 6.25. The number of aryl methyl sites for hydroxylation is 1. The molecule has 1 aliphatic carbocycles. The third-order valence-electron chi connectivity index (χ3n) is 3.63. The van der Waals surface area contributed by atoms with E-state index >= 15 is 0 Å². The maximum absolute atomic E-state index is 6.18. The van der Waals surface area contributed by atoms with Crippen LogP contribution in [0.25, 0.3) is 0 Å². The van der Waals surface area contributed by atoms with Gasteiger partial charge in [-0.05, 0) is 44.5 Å². The van der Waals surface area contributed by atoms with Crippen molar-refractivity contribution >= 4 is 11.6 Å². The molecule has 0 spiro atoms. The molecule has 0 amide bonds. The molecule has 0 bridgehead atoms. The second kappa shape index (κ2) is 7.30. The minimum Gasteiger partial charge on any atom is -0.486 e. The van der Waals surface area contributed by atoms with E-state index < -0.39 is 0 Å². The quantitative estimate of drug-likeness (QED) is 0.834. The first kappa shape index (κ1) is 15.6. The predicted octanol–water partition coefficient (Wildman–Crippen LogP) is 3.57. The minimum atomic E-state index is 0.0867. The largest absolute Gasteiger partial charge is 0.486 e. The summed E-state index contributed by atoms with van der Waals surface area (Å²) in [4.78, 5) is 0. The molecule has 0 aromatic heterocycles. The molecule has 1 aromatic rings. The van der Waals surface area contributed by atoms with Crippen LogP contribution in [0.3, 0.4) is 0 Å². The number of hydrogen-bond acceptors (Lipinski definition) is 3. The lowest BCUT2D eigenvalue weighted by atomic mass is 9.85. The summed E-state index contributed by atoms with van der Waals surface area (Å²) in [6.45, 7) is 7.95. The zero-order valence-corrected chi connectivity index (χ0v) is 13.2. The molecule has 3 unspecified atom stereocenters. The highest BCUT2D eigenvalue weighted by molar-refractivity contribution is 6.32. The average molecular weight is 298 g/mol. The summed E-state index contributed by atoms with van der Waals surface area (Å²) in [5.41, 5.74) is 1.15. The fourth-order valence-corrected chi connectivity index (χ4v) is 2.67. The first-order chi connectivity index (χ1) is 9.65. The Morgan fingerprint density at radius 1 is 1.35 bits per heavy atom. The molecule has 0 saturated heterocycles. The summed E-state index contributed by atoms with van der Waals surface area (Å²) in [5, 5.41) is 4.17. The summed E-state index contributed by atoms with van der Waals surface area (Å²) in [5.74, 6) is 0.760. The van der Waals surface area contributed by atoms with E-state index in [4.69, 9.17) is 21.1 Å². The minimum absolute atomic E-state index is 0.0867. The summed E-state index contributed by atoms with van der Waals surface area (Å²) in [7, 11) is 0. The van der Waals surface area contributed by atoms with Gasteiger partial charge in [-0.2, -0.15) is 0 Å².